The van der Waals surface area contributed by atoms with E-state index in [0.717, 1.165) is 30.6 Å². The van der Waals surface area contributed by atoms with Crippen LogP contribution in [0, 0.1) is 6.92 Å². The Hall–Kier alpha value is -0.930. The highest BCUT2D eigenvalue weighted by atomic mass is 16.3. The third kappa shape index (κ3) is 1.94. The van der Waals surface area contributed by atoms with Crippen LogP contribution in [0.3, 0.4) is 0 Å². The predicted molar refractivity (Wildman–Crippen MR) is 55.0 cm³/mol. The molecule has 0 amide bonds. The average Bonchev–Trinajstić information content (AvgIpc) is 2.71. The van der Waals surface area contributed by atoms with Crippen molar-refractivity contribution in [3.63, 3.8) is 0 Å². The van der Waals surface area contributed by atoms with Gasteiger partial charge in [0.05, 0.1) is 6.10 Å². The molecule has 2 rings (SSSR count). The van der Waals surface area contributed by atoms with Gasteiger partial charge in [-0.1, -0.05) is 6.07 Å². The van der Waals surface area contributed by atoms with Gasteiger partial charge in [0.1, 0.15) is 0 Å². The summed E-state index contributed by atoms with van der Waals surface area (Å²) >= 11 is 0. The number of hydrogen-bond donors (Lipinski definition) is 2. The van der Waals surface area contributed by atoms with E-state index in [-0.39, 0.29) is 6.04 Å². The Bertz CT molecular complexity index is 291. The van der Waals surface area contributed by atoms with Crippen LogP contribution in [0.15, 0.2) is 18.3 Å². The van der Waals surface area contributed by atoms with Crippen LogP contribution in [-0.4, -0.2) is 22.7 Å². The summed E-state index contributed by atoms with van der Waals surface area (Å²) in [4.78, 5) is 4.18. The zero-order valence-electron chi connectivity index (χ0n) is 8.40. The molecule has 1 aromatic heterocycles. The molecule has 76 valence electrons. The Balaban J connectivity index is 2.09. The quantitative estimate of drug-likeness (QED) is 0.739. The fourth-order valence-electron chi connectivity index (χ4n) is 1.87. The van der Waals surface area contributed by atoms with Crippen molar-refractivity contribution in [2.75, 3.05) is 6.54 Å². The molecule has 2 unspecified atom stereocenters. The van der Waals surface area contributed by atoms with Gasteiger partial charge in [0.25, 0.3) is 0 Å². The second-order valence-corrected chi connectivity index (χ2v) is 3.88. The lowest BCUT2D eigenvalue weighted by Crippen LogP contribution is -2.28. The minimum atomic E-state index is -0.411. The summed E-state index contributed by atoms with van der Waals surface area (Å²) in [6, 6.07) is 4.10. The number of aliphatic hydroxyl groups excluding tert-OH is 1. The highest BCUT2D eigenvalue weighted by Gasteiger charge is 2.23. The predicted octanol–water partition coefficient (Wildman–Crippen LogP) is 1.18. The number of nitrogens with zero attached hydrogens (tertiary/aromatic N) is 1. The van der Waals surface area contributed by atoms with E-state index in [9.17, 15) is 5.11 Å². The fraction of sp³-hybridized carbons (Fsp3) is 0.545. The van der Waals surface area contributed by atoms with Crippen molar-refractivity contribution in [3.05, 3.63) is 29.6 Å². The monoisotopic (exact) mass is 192 g/mol. The maximum absolute atomic E-state index is 10.0. The van der Waals surface area contributed by atoms with E-state index in [0.29, 0.717) is 0 Å². The van der Waals surface area contributed by atoms with Gasteiger partial charge in [-0.3, -0.25) is 4.98 Å². The highest BCUT2D eigenvalue weighted by molar-refractivity contribution is 5.17. The molecular weight excluding hydrogens is 176 g/mol. The highest BCUT2D eigenvalue weighted by Crippen LogP contribution is 2.22. The molecule has 3 heteroatoms. The molecule has 0 saturated carbocycles. The first kappa shape index (κ1) is 9.62. The number of pyridine rings is 1. The summed E-state index contributed by atoms with van der Waals surface area (Å²) < 4.78 is 0. The summed E-state index contributed by atoms with van der Waals surface area (Å²) in [5.41, 5.74) is 1.90. The topological polar surface area (TPSA) is 45.1 Å². The van der Waals surface area contributed by atoms with Gasteiger partial charge in [-0.15, -0.1) is 0 Å². The molecule has 1 fully saturated rings. The van der Waals surface area contributed by atoms with Crippen LogP contribution in [0.4, 0.5) is 0 Å². The van der Waals surface area contributed by atoms with Gasteiger partial charge < -0.3 is 10.4 Å². The van der Waals surface area contributed by atoms with Crippen LogP contribution in [0.25, 0.3) is 0 Å². The number of hydrogen-bond acceptors (Lipinski definition) is 3. The van der Waals surface area contributed by atoms with E-state index >= 15 is 0 Å². The summed E-state index contributed by atoms with van der Waals surface area (Å²) in [6.07, 6.45) is 3.56. The SMILES string of the molecule is Cc1ccc(C(O)C2CCCN2)cn1. The number of nitrogens with one attached hydrogen (secondary N) is 1. The molecule has 1 saturated heterocycles. The van der Waals surface area contributed by atoms with Gasteiger partial charge in [-0.2, -0.15) is 0 Å². The van der Waals surface area contributed by atoms with Crippen molar-refractivity contribution in [1.82, 2.24) is 10.3 Å². The third-order valence-corrected chi connectivity index (χ3v) is 2.76. The molecule has 2 heterocycles. The van der Waals surface area contributed by atoms with E-state index < -0.39 is 6.10 Å². The van der Waals surface area contributed by atoms with Crippen molar-refractivity contribution < 1.29 is 5.11 Å². The zero-order chi connectivity index (χ0) is 9.97. The minimum absolute atomic E-state index is 0.208. The van der Waals surface area contributed by atoms with Crippen LogP contribution < -0.4 is 5.32 Å². The first-order chi connectivity index (χ1) is 6.77. The van der Waals surface area contributed by atoms with Crippen LogP contribution >= 0.6 is 0 Å². The Morgan fingerprint density at radius 3 is 3.00 bits per heavy atom. The van der Waals surface area contributed by atoms with Crippen molar-refractivity contribution in [3.8, 4) is 0 Å². The van der Waals surface area contributed by atoms with Crippen molar-refractivity contribution in [2.24, 2.45) is 0 Å². The Morgan fingerprint density at radius 1 is 1.57 bits per heavy atom. The Morgan fingerprint density at radius 2 is 2.43 bits per heavy atom. The molecular formula is C11H16N2O. The summed E-state index contributed by atoms with van der Waals surface area (Å²) in [6.45, 7) is 2.96. The smallest absolute Gasteiger partial charge is 0.0957 e. The molecule has 0 bridgehead atoms. The molecule has 0 radical (unpaired) electrons. The number of aryl methyl sites for hydroxylation is 1. The first-order valence-corrected chi connectivity index (χ1v) is 5.11. The minimum Gasteiger partial charge on any atom is -0.387 e. The van der Waals surface area contributed by atoms with Gasteiger partial charge in [0.2, 0.25) is 0 Å². The maximum Gasteiger partial charge on any atom is 0.0957 e. The molecule has 3 nitrogen and oxygen atoms in total. The third-order valence-electron chi connectivity index (χ3n) is 2.76. The molecule has 1 aromatic rings. The lowest BCUT2D eigenvalue weighted by Gasteiger charge is -2.18. The molecule has 0 aromatic carbocycles. The molecule has 2 atom stereocenters. The summed E-state index contributed by atoms with van der Waals surface area (Å²) in [7, 11) is 0. The fourth-order valence-corrected chi connectivity index (χ4v) is 1.87. The molecule has 2 N–H and O–H groups in total. The Labute approximate surface area is 84.2 Å². The van der Waals surface area contributed by atoms with Crippen molar-refractivity contribution in [2.45, 2.75) is 31.9 Å². The van der Waals surface area contributed by atoms with Crippen molar-refractivity contribution >= 4 is 0 Å². The first-order valence-electron chi connectivity index (χ1n) is 5.11. The second kappa shape index (κ2) is 4.07. The van der Waals surface area contributed by atoms with Crippen LogP contribution in [0.2, 0.25) is 0 Å². The lowest BCUT2D eigenvalue weighted by molar-refractivity contribution is 0.137. The van der Waals surface area contributed by atoms with E-state index in [2.05, 4.69) is 10.3 Å². The van der Waals surface area contributed by atoms with Gasteiger partial charge in [-0.25, -0.2) is 0 Å². The Kier molecular flexibility index (Phi) is 2.79. The van der Waals surface area contributed by atoms with Crippen LogP contribution in [-0.2, 0) is 0 Å². The maximum atomic E-state index is 10.0. The van der Waals surface area contributed by atoms with E-state index in [1.807, 2.05) is 19.1 Å². The number of rotatable bonds is 2. The van der Waals surface area contributed by atoms with Crippen LogP contribution in [0.5, 0.6) is 0 Å². The van der Waals surface area contributed by atoms with Crippen LogP contribution in [0.1, 0.15) is 30.2 Å². The normalized spacial score (nSPS) is 23.7. The van der Waals surface area contributed by atoms with E-state index in [1.54, 1.807) is 6.20 Å². The summed E-state index contributed by atoms with van der Waals surface area (Å²) in [5.74, 6) is 0. The number of aliphatic hydroxyl groups is 1. The number of aromatic nitrogens is 1. The second-order valence-electron chi connectivity index (χ2n) is 3.88. The standard InChI is InChI=1S/C11H16N2O/c1-8-4-5-9(7-13-8)11(14)10-3-2-6-12-10/h4-5,7,10-12,14H,2-3,6H2,1H3. The van der Waals surface area contributed by atoms with Gasteiger partial charge >= 0.3 is 0 Å². The van der Waals surface area contributed by atoms with E-state index in [4.69, 9.17) is 0 Å². The molecule has 0 spiro atoms. The van der Waals surface area contributed by atoms with E-state index in [1.165, 1.54) is 0 Å². The molecule has 14 heavy (non-hydrogen) atoms. The zero-order valence-corrected chi connectivity index (χ0v) is 8.40. The molecule has 1 aliphatic rings. The van der Waals surface area contributed by atoms with Gasteiger partial charge in [0.15, 0.2) is 0 Å². The van der Waals surface area contributed by atoms with Gasteiger partial charge in [-0.05, 0) is 32.4 Å². The summed E-state index contributed by atoms with van der Waals surface area (Å²) in [5, 5.41) is 13.3. The molecule has 1 aliphatic heterocycles. The van der Waals surface area contributed by atoms with Gasteiger partial charge in [0, 0.05) is 23.5 Å². The largest absolute Gasteiger partial charge is 0.387 e. The molecule has 0 aliphatic carbocycles. The van der Waals surface area contributed by atoms with Crippen molar-refractivity contribution in [1.29, 1.82) is 0 Å². The lowest BCUT2D eigenvalue weighted by atomic mass is 10.0. The average molecular weight is 192 g/mol.